The van der Waals surface area contributed by atoms with Gasteiger partial charge in [-0.05, 0) is 43.0 Å². The van der Waals surface area contributed by atoms with Crippen molar-refractivity contribution in [1.29, 1.82) is 0 Å². The molecule has 0 saturated carbocycles. The molecule has 0 aromatic heterocycles. The summed E-state index contributed by atoms with van der Waals surface area (Å²) in [4.78, 5) is 4.59. The van der Waals surface area contributed by atoms with Crippen LogP contribution in [0.25, 0.3) is 0 Å². The molecule has 1 heterocycles. The van der Waals surface area contributed by atoms with E-state index in [1.54, 1.807) is 0 Å². The number of nitrogens with zero attached hydrogens (tertiary/aromatic N) is 1. The fraction of sp³-hybridized carbons (Fsp3) is 0.409. The Kier molecular flexibility index (Phi) is 7.52. The summed E-state index contributed by atoms with van der Waals surface area (Å²) in [6, 6.07) is 18.1. The van der Waals surface area contributed by atoms with Crippen molar-refractivity contribution >= 4 is 15.8 Å². The third-order valence-electron chi connectivity index (χ3n) is 4.76. The number of aliphatic imine (C=N–C) groups is 1. The summed E-state index contributed by atoms with van der Waals surface area (Å²) < 4.78 is 29.1. The van der Waals surface area contributed by atoms with Gasteiger partial charge in [-0.3, -0.25) is 4.99 Å². The van der Waals surface area contributed by atoms with Crippen molar-refractivity contribution in [3.63, 3.8) is 0 Å². The average molecular weight is 416 g/mol. The number of hydrogen-bond acceptors (Lipinski definition) is 4. The fourth-order valence-corrected chi connectivity index (χ4v) is 4.89. The van der Waals surface area contributed by atoms with Crippen LogP contribution in [-0.2, 0) is 22.9 Å². The Bertz CT molecular complexity index is 897. The molecule has 0 amide bonds. The number of ether oxygens (including phenoxy) is 1. The maximum absolute atomic E-state index is 11.6. The van der Waals surface area contributed by atoms with Crippen molar-refractivity contribution in [1.82, 2.24) is 10.6 Å². The number of benzene rings is 2. The Hall–Kier alpha value is -2.54. The Morgan fingerprint density at radius 2 is 1.86 bits per heavy atom. The van der Waals surface area contributed by atoms with Gasteiger partial charge in [-0.2, -0.15) is 0 Å². The molecule has 1 saturated heterocycles. The molecule has 2 aromatic carbocycles. The molecule has 7 heteroatoms. The molecule has 1 atom stereocenters. The lowest BCUT2D eigenvalue weighted by atomic mass is 10.1. The van der Waals surface area contributed by atoms with Crippen LogP contribution < -0.4 is 15.4 Å². The second kappa shape index (κ2) is 10.3. The van der Waals surface area contributed by atoms with Gasteiger partial charge in [0.2, 0.25) is 0 Å². The lowest BCUT2D eigenvalue weighted by Gasteiger charge is -2.15. The van der Waals surface area contributed by atoms with Crippen molar-refractivity contribution < 1.29 is 13.2 Å². The van der Waals surface area contributed by atoms with E-state index < -0.39 is 9.84 Å². The van der Waals surface area contributed by atoms with Gasteiger partial charge in [-0.1, -0.05) is 42.5 Å². The van der Waals surface area contributed by atoms with Crippen LogP contribution in [-0.4, -0.2) is 45.0 Å². The third kappa shape index (κ3) is 7.09. The van der Waals surface area contributed by atoms with Crippen LogP contribution in [0, 0.1) is 0 Å². The van der Waals surface area contributed by atoms with E-state index in [-0.39, 0.29) is 17.5 Å². The summed E-state index contributed by atoms with van der Waals surface area (Å²) >= 11 is 0. The zero-order chi connectivity index (χ0) is 20.5. The lowest BCUT2D eigenvalue weighted by molar-refractivity contribution is 0.306. The van der Waals surface area contributed by atoms with Crippen LogP contribution in [0.1, 0.15) is 24.5 Å². The predicted octanol–water partition coefficient (Wildman–Crippen LogP) is 2.55. The van der Waals surface area contributed by atoms with E-state index in [9.17, 15) is 8.42 Å². The van der Waals surface area contributed by atoms with E-state index in [1.165, 1.54) is 5.56 Å². The predicted molar refractivity (Wildman–Crippen MR) is 117 cm³/mol. The second-order valence-corrected chi connectivity index (χ2v) is 9.40. The monoisotopic (exact) mass is 415 g/mol. The highest BCUT2D eigenvalue weighted by Crippen LogP contribution is 2.15. The first-order chi connectivity index (χ1) is 14.0. The van der Waals surface area contributed by atoms with Gasteiger partial charge in [-0.25, -0.2) is 8.42 Å². The first-order valence-corrected chi connectivity index (χ1v) is 11.9. The Morgan fingerprint density at radius 1 is 1.10 bits per heavy atom. The van der Waals surface area contributed by atoms with Crippen molar-refractivity contribution in [2.45, 2.75) is 32.4 Å². The molecule has 156 valence electrons. The van der Waals surface area contributed by atoms with Crippen LogP contribution in [0.3, 0.4) is 0 Å². The second-order valence-electron chi connectivity index (χ2n) is 7.17. The van der Waals surface area contributed by atoms with Gasteiger partial charge in [0.05, 0.1) is 11.5 Å². The average Bonchev–Trinajstić information content (AvgIpc) is 3.06. The van der Waals surface area contributed by atoms with Crippen molar-refractivity contribution in [2.75, 3.05) is 24.6 Å². The highest BCUT2D eigenvalue weighted by Gasteiger charge is 2.28. The molecule has 0 spiro atoms. The topological polar surface area (TPSA) is 79.8 Å². The van der Waals surface area contributed by atoms with E-state index in [1.807, 2.05) is 49.4 Å². The zero-order valence-electron chi connectivity index (χ0n) is 16.8. The molecule has 2 N–H and O–H groups in total. The van der Waals surface area contributed by atoms with Gasteiger partial charge in [0, 0.05) is 19.1 Å². The molecule has 6 nitrogen and oxygen atoms in total. The molecule has 2 aromatic rings. The summed E-state index contributed by atoms with van der Waals surface area (Å²) in [5.41, 5.74) is 2.32. The SMILES string of the molecule is CCNC(=NCCc1ccc(OCc2ccccc2)cc1)NC1CCS(=O)(=O)C1. The van der Waals surface area contributed by atoms with E-state index in [4.69, 9.17) is 4.74 Å². The summed E-state index contributed by atoms with van der Waals surface area (Å²) in [7, 11) is -2.90. The van der Waals surface area contributed by atoms with Gasteiger partial charge in [0.15, 0.2) is 15.8 Å². The molecular weight excluding hydrogens is 386 g/mol. The minimum Gasteiger partial charge on any atom is -0.489 e. The molecule has 0 bridgehead atoms. The Balaban J connectivity index is 1.47. The molecule has 1 aliphatic rings. The van der Waals surface area contributed by atoms with Gasteiger partial charge < -0.3 is 15.4 Å². The fourth-order valence-electron chi connectivity index (χ4n) is 3.21. The number of guanidine groups is 1. The van der Waals surface area contributed by atoms with Gasteiger partial charge >= 0.3 is 0 Å². The maximum atomic E-state index is 11.6. The number of rotatable bonds is 8. The number of hydrogen-bond donors (Lipinski definition) is 2. The number of sulfone groups is 1. The van der Waals surface area contributed by atoms with Crippen LogP contribution in [0.4, 0.5) is 0 Å². The Labute approximate surface area is 173 Å². The van der Waals surface area contributed by atoms with E-state index in [2.05, 4.69) is 27.8 Å². The van der Waals surface area contributed by atoms with Gasteiger partial charge in [0.1, 0.15) is 12.4 Å². The van der Waals surface area contributed by atoms with Gasteiger partial charge in [-0.15, -0.1) is 0 Å². The molecule has 3 rings (SSSR count). The smallest absolute Gasteiger partial charge is 0.191 e. The minimum atomic E-state index is -2.90. The summed E-state index contributed by atoms with van der Waals surface area (Å²) in [6.45, 7) is 3.91. The van der Waals surface area contributed by atoms with Crippen LogP contribution in [0.5, 0.6) is 5.75 Å². The molecule has 0 aliphatic carbocycles. The van der Waals surface area contributed by atoms with E-state index in [0.717, 1.165) is 24.3 Å². The molecule has 1 unspecified atom stereocenters. The maximum Gasteiger partial charge on any atom is 0.191 e. The molecule has 1 aliphatic heterocycles. The molecule has 29 heavy (non-hydrogen) atoms. The number of nitrogens with one attached hydrogen (secondary N) is 2. The highest BCUT2D eigenvalue weighted by atomic mass is 32.2. The van der Waals surface area contributed by atoms with Crippen LogP contribution in [0.15, 0.2) is 59.6 Å². The normalized spacial score (nSPS) is 18.4. The quantitative estimate of drug-likeness (QED) is 0.512. The van der Waals surface area contributed by atoms with E-state index >= 15 is 0 Å². The van der Waals surface area contributed by atoms with E-state index in [0.29, 0.717) is 25.5 Å². The summed E-state index contributed by atoms with van der Waals surface area (Å²) in [5, 5.41) is 6.43. The standard InChI is InChI=1S/C22H29N3O3S/c1-2-23-22(25-20-13-15-29(26,27)17-20)24-14-12-18-8-10-21(11-9-18)28-16-19-6-4-3-5-7-19/h3-11,20H,2,12-17H2,1H3,(H2,23,24,25). The van der Waals surface area contributed by atoms with Crippen LogP contribution in [0.2, 0.25) is 0 Å². The summed E-state index contributed by atoms with van der Waals surface area (Å²) in [5.74, 6) is 1.96. The van der Waals surface area contributed by atoms with Crippen LogP contribution >= 0.6 is 0 Å². The largest absolute Gasteiger partial charge is 0.489 e. The molecular formula is C22H29N3O3S. The Morgan fingerprint density at radius 3 is 2.52 bits per heavy atom. The molecule has 0 radical (unpaired) electrons. The van der Waals surface area contributed by atoms with Crippen molar-refractivity contribution in [3.05, 3.63) is 65.7 Å². The van der Waals surface area contributed by atoms with Crippen molar-refractivity contribution in [3.8, 4) is 5.75 Å². The first kappa shape index (κ1) is 21.2. The minimum absolute atomic E-state index is 0.0566. The highest BCUT2D eigenvalue weighted by molar-refractivity contribution is 7.91. The first-order valence-electron chi connectivity index (χ1n) is 10.0. The molecule has 1 fully saturated rings. The zero-order valence-corrected chi connectivity index (χ0v) is 17.6. The lowest BCUT2D eigenvalue weighted by Crippen LogP contribution is -2.44. The summed E-state index contributed by atoms with van der Waals surface area (Å²) in [6.07, 6.45) is 1.44. The van der Waals surface area contributed by atoms with Crippen molar-refractivity contribution in [2.24, 2.45) is 4.99 Å². The third-order valence-corrected chi connectivity index (χ3v) is 6.53. The van der Waals surface area contributed by atoms with Gasteiger partial charge in [0.25, 0.3) is 0 Å².